The van der Waals surface area contributed by atoms with Gasteiger partial charge in [0.25, 0.3) is 5.91 Å². The van der Waals surface area contributed by atoms with Crippen molar-refractivity contribution in [2.75, 3.05) is 11.9 Å². The predicted molar refractivity (Wildman–Crippen MR) is 223 cm³/mol. The first kappa shape index (κ1) is 46.9. The van der Waals surface area contributed by atoms with Gasteiger partial charge in [0.1, 0.15) is 11.4 Å². The number of nitrogens with zero attached hydrogens (tertiary/aromatic N) is 2. The summed E-state index contributed by atoms with van der Waals surface area (Å²) in [6.45, 7) is 11.5. The van der Waals surface area contributed by atoms with Gasteiger partial charge >= 0.3 is 23.9 Å². The third-order valence-electron chi connectivity index (χ3n) is 10.6. The molecule has 1 aliphatic rings. The summed E-state index contributed by atoms with van der Waals surface area (Å²) in [5, 5.41) is 22.4. The molecule has 1 aromatic heterocycles. The van der Waals surface area contributed by atoms with E-state index in [0.717, 1.165) is 22.3 Å². The van der Waals surface area contributed by atoms with Crippen molar-refractivity contribution in [2.45, 2.75) is 104 Å². The topological polar surface area (TPSA) is 192 Å². The van der Waals surface area contributed by atoms with Crippen molar-refractivity contribution >= 4 is 35.3 Å². The quantitative estimate of drug-likeness (QED) is 0.0687. The highest BCUT2D eigenvalue weighted by atomic mass is 19.3. The Kier molecular flexibility index (Phi) is 14.6. The number of hydrogen-bond acceptors (Lipinski definition) is 8. The number of benzene rings is 3. The van der Waals surface area contributed by atoms with E-state index >= 15 is 0 Å². The molecular formula is C45H52F4N6O7. The number of ether oxygens (including phenoxy) is 1. The van der Waals surface area contributed by atoms with Gasteiger partial charge in [-0.15, -0.1) is 0 Å². The summed E-state index contributed by atoms with van der Waals surface area (Å²) < 4.78 is 61.4. The second-order valence-corrected chi connectivity index (χ2v) is 17.1. The van der Waals surface area contributed by atoms with Crippen molar-refractivity contribution in [3.05, 3.63) is 89.2 Å². The van der Waals surface area contributed by atoms with Gasteiger partial charge in [-0.2, -0.15) is 22.7 Å². The second kappa shape index (κ2) is 19.3. The van der Waals surface area contributed by atoms with E-state index in [1.165, 1.54) is 24.3 Å². The minimum atomic E-state index is -5.45. The molecule has 0 bridgehead atoms. The normalized spacial score (nSPS) is 16.3. The molecule has 5 N–H and O–H groups in total. The monoisotopic (exact) mass is 864 g/mol. The summed E-state index contributed by atoms with van der Waals surface area (Å²) in [4.78, 5) is 66.7. The highest BCUT2D eigenvalue weighted by Gasteiger charge is 2.65. The standard InChI is InChI=1S/C45H52F4N6O7/c1-25(2)51-38(57)32-17-20-35(26(3)21-32)29-11-7-27(8-12-29)22-33(23-36(56)30-13-9-28(10-14-30)24-50-42(61)62-43(4,5)6)39(58)52-34-18-15-31(16-19-34)37-53-40(55-54-37)44(46,47)45(48,49)41(59)60/h7-8,11-12,15-21,25,28,30,33H,9-10,13-14,22-24H2,1-6H3,(H,50,61)(H,51,57)(H,52,58)(H,59,60)(H,53,54,55)/t28?,30?,33-/m1/s1. The number of ketones is 1. The van der Waals surface area contributed by atoms with E-state index in [1.807, 2.05) is 57.2 Å². The van der Waals surface area contributed by atoms with Gasteiger partial charge in [-0.25, -0.2) is 14.6 Å². The van der Waals surface area contributed by atoms with Gasteiger partial charge in [-0.05, 0) is 138 Å². The molecule has 62 heavy (non-hydrogen) atoms. The maximum atomic E-state index is 14.3. The molecule has 4 aromatic rings. The predicted octanol–water partition coefficient (Wildman–Crippen LogP) is 8.48. The molecule has 3 aromatic carbocycles. The average molecular weight is 865 g/mol. The summed E-state index contributed by atoms with van der Waals surface area (Å²) in [6.07, 6.45) is 2.30. The number of carboxylic acid groups (broad SMARTS) is 1. The van der Waals surface area contributed by atoms with Gasteiger partial charge in [0.15, 0.2) is 5.82 Å². The van der Waals surface area contributed by atoms with Crippen molar-refractivity contribution in [3.8, 4) is 22.5 Å². The smallest absolute Gasteiger partial charge is 0.411 e. The fourth-order valence-electron chi connectivity index (χ4n) is 7.24. The molecule has 5 rings (SSSR count). The number of anilines is 1. The number of aryl methyl sites for hydroxylation is 1. The van der Waals surface area contributed by atoms with Crippen LogP contribution in [-0.4, -0.2) is 74.1 Å². The number of halogens is 4. The first-order valence-corrected chi connectivity index (χ1v) is 20.4. The largest absolute Gasteiger partial charge is 0.477 e. The number of carboxylic acids is 1. The summed E-state index contributed by atoms with van der Waals surface area (Å²) in [5.74, 6) is -17.3. The first-order chi connectivity index (χ1) is 29.0. The fraction of sp³-hybridized carbons (Fsp3) is 0.444. The molecule has 1 heterocycles. The van der Waals surface area contributed by atoms with Crippen LogP contribution in [0.25, 0.3) is 22.5 Å². The average Bonchev–Trinajstić information content (AvgIpc) is 3.71. The van der Waals surface area contributed by atoms with E-state index in [4.69, 9.17) is 9.84 Å². The molecule has 1 atom stereocenters. The number of hydrogen-bond donors (Lipinski definition) is 5. The van der Waals surface area contributed by atoms with Crippen molar-refractivity contribution in [1.82, 2.24) is 25.8 Å². The molecule has 332 valence electrons. The molecule has 1 saturated carbocycles. The van der Waals surface area contributed by atoms with Crippen molar-refractivity contribution < 1.29 is 51.4 Å². The van der Waals surface area contributed by atoms with E-state index in [0.29, 0.717) is 37.8 Å². The van der Waals surface area contributed by atoms with E-state index in [9.17, 15) is 41.5 Å². The van der Waals surface area contributed by atoms with Gasteiger partial charge in [-0.1, -0.05) is 30.3 Å². The second-order valence-electron chi connectivity index (χ2n) is 17.1. The molecule has 0 unspecified atom stereocenters. The highest BCUT2D eigenvalue weighted by Crippen LogP contribution is 2.42. The van der Waals surface area contributed by atoms with E-state index in [-0.39, 0.29) is 53.7 Å². The zero-order chi connectivity index (χ0) is 45.6. The van der Waals surface area contributed by atoms with Crippen LogP contribution in [0, 0.1) is 24.7 Å². The fourth-order valence-corrected chi connectivity index (χ4v) is 7.24. The van der Waals surface area contributed by atoms with Gasteiger partial charge in [-0.3, -0.25) is 19.5 Å². The van der Waals surface area contributed by atoms with E-state index < -0.39 is 53.0 Å². The number of carbonyl (C=O) groups excluding carboxylic acids is 4. The number of nitrogens with one attached hydrogen (secondary N) is 4. The van der Waals surface area contributed by atoms with Gasteiger partial charge in [0.05, 0.1) is 0 Å². The Bertz CT molecular complexity index is 2250. The SMILES string of the molecule is Cc1cc(C(=O)NC(C)C)ccc1-c1ccc(C[C@H](CC(=O)C2CCC(CNC(=O)OC(C)(C)C)CC2)C(=O)Nc2ccc(-c3n[nH]c(C(F)(F)C(F)(F)C(=O)O)n3)cc2)cc1. The molecule has 0 aliphatic heterocycles. The Morgan fingerprint density at radius 2 is 1.52 bits per heavy atom. The van der Waals surface area contributed by atoms with Crippen molar-refractivity contribution in [2.24, 2.45) is 17.8 Å². The lowest BCUT2D eigenvalue weighted by Gasteiger charge is -2.29. The molecule has 17 heteroatoms. The molecule has 0 spiro atoms. The molecule has 13 nitrogen and oxygen atoms in total. The zero-order valence-corrected chi connectivity index (χ0v) is 35.4. The summed E-state index contributed by atoms with van der Waals surface area (Å²) in [7, 11) is 0. The Morgan fingerprint density at radius 3 is 2.10 bits per heavy atom. The molecule has 0 saturated heterocycles. The zero-order valence-electron chi connectivity index (χ0n) is 35.4. The van der Waals surface area contributed by atoms with Crippen LogP contribution in [0.3, 0.4) is 0 Å². The van der Waals surface area contributed by atoms with Crippen LogP contribution in [0.4, 0.5) is 28.0 Å². The van der Waals surface area contributed by atoms with Crippen molar-refractivity contribution in [3.63, 3.8) is 0 Å². The summed E-state index contributed by atoms with van der Waals surface area (Å²) in [5.41, 5.74) is 3.84. The number of alkyl carbamates (subject to hydrolysis) is 1. The van der Waals surface area contributed by atoms with Crippen molar-refractivity contribution in [1.29, 1.82) is 0 Å². The van der Waals surface area contributed by atoms with Gasteiger partial charge < -0.3 is 25.8 Å². The first-order valence-electron chi connectivity index (χ1n) is 20.4. The maximum absolute atomic E-state index is 14.3. The maximum Gasteiger partial charge on any atom is 0.411 e. The van der Waals surface area contributed by atoms with Crippen LogP contribution < -0.4 is 16.0 Å². The van der Waals surface area contributed by atoms with Crippen LogP contribution in [0.2, 0.25) is 0 Å². The highest BCUT2D eigenvalue weighted by molar-refractivity contribution is 5.96. The number of aromatic nitrogens is 3. The Balaban J connectivity index is 1.29. The Morgan fingerprint density at radius 1 is 0.887 bits per heavy atom. The summed E-state index contributed by atoms with van der Waals surface area (Å²) >= 11 is 0. The van der Waals surface area contributed by atoms with Crippen LogP contribution in [-0.2, 0) is 31.5 Å². The minimum Gasteiger partial charge on any atom is -0.477 e. The lowest BCUT2D eigenvalue weighted by atomic mass is 9.77. The van der Waals surface area contributed by atoms with Gasteiger partial charge in [0, 0.05) is 47.7 Å². The molecule has 3 amide bonds. The Labute approximate surface area is 356 Å². The van der Waals surface area contributed by atoms with Crippen LogP contribution in [0.15, 0.2) is 66.7 Å². The third kappa shape index (κ3) is 11.8. The lowest BCUT2D eigenvalue weighted by molar-refractivity contribution is -0.231. The van der Waals surface area contributed by atoms with E-state index in [1.54, 1.807) is 31.9 Å². The van der Waals surface area contributed by atoms with Gasteiger partial charge in [0.2, 0.25) is 11.7 Å². The molecule has 0 radical (unpaired) electrons. The number of aliphatic carboxylic acids is 1. The number of aromatic amines is 1. The number of amides is 3. The number of Topliss-reactive ketones (excluding diaryl/α,β-unsaturated/α-hetero) is 1. The lowest BCUT2D eigenvalue weighted by Crippen LogP contribution is -2.45. The van der Waals surface area contributed by atoms with E-state index in [2.05, 4.69) is 26.0 Å². The third-order valence-corrected chi connectivity index (χ3v) is 10.6. The van der Waals surface area contributed by atoms with Crippen LogP contribution >= 0.6 is 0 Å². The van der Waals surface area contributed by atoms with Crippen LogP contribution in [0.5, 0.6) is 0 Å². The molecule has 1 aliphatic carbocycles. The minimum absolute atomic E-state index is 0.00692. The molecule has 1 fully saturated rings. The Hall–Kier alpha value is -6.13. The number of rotatable bonds is 16. The number of H-pyrrole nitrogens is 1. The van der Waals surface area contributed by atoms with Crippen LogP contribution in [0.1, 0.15) is 94.0 Å². The summed E-state index contributed by atoms with van der Waals surface area (Å²) in [6, 6.07) is 18.6. The molecular weight excluding hydrogens is 813 g/mol. The number of alkyl halides is 4. The number of carbonyl (C=O) groups is 5.